The minimum absolute atomic E-state index is 0.776. The van der Waals surface area contributed by atoms with Gasteiger partial charge in [-0.25, -0.2) is 9.97 Å². The van der Waals surface area contributed by atoms with Crippen LogP contribution in [-0.4, -0.2) is 9.97 Å². The molecule has 1 heterocycles. The Morgan fingerprint density at radius 1 is 0.632 bits per heavy atom. The van der Waals surface area contributed by atoms with Gasteiger partial charge in [0, 0.05) is 23.6 Å². The third-order valence-electron chi connectivity index (χ3n) is 2.40. The van der Waals surface area contributed by atoms with Crippen LogP contribution in [0, 0.1) is 0 Å². The van der Waals surface area contributed by atoms with Gasteiger partial charge in [-0.1, -0.05) is 48.5 Å². The molecule has 2 aromatic carbocycles. The molecule has 0 amide bonds. The van der Waals surface area contributed by atoms with E-state index in [1.807, 2.05) is 66.7 Å². The van der Waals surface area contributed by atoms with Crippen molar-refractivity contribution in [2.75, 3.05) is 5.73 Å². The van der Waals surface area contributed by atoms with Crippen molar-refractivity contribution in [1.29, 1.82) is 0 Å². The van der Waals surface area contributed by atoms with Crippen molar-refractivity contribution in [3.8, 4) is 11.4 Å². The minimum Gasteiger partial charge on any atom is -0.399 e. The number of para-hydroxylation sites is 1. The summed E-state index contributed by atoms with van der Waals surface area (Å²) in [6, 6.07) is 21.2. The van der Waals surface area contributed by atoms with Crippen LogP contribution < -0.4 is 5.73 Å². The van der Waals surface area contributed by atoms with Crippen molar-refractivity contribution in [3.05, 3.63) is 79.1 Å². The lowest BCUT2D eigenvalue weighted by molar-refractivity contribution is 1.18. The SMILES string of the molecule is Nc1ccccc1.c1ccc(-c2ncccn2)cc1. The molecule has 3 rings (SSSR count). The fraction of sp³-hybridized carbons (Fsp3) is 0. The Kier molecular flexibility index (Phi) is 4.64. The average Bonchev–Trinajstić information content (AvgIpc) is 2.51. The topological polar surface area (TPSA) is 51.8 Å². The molecule has 0 fully saturated rings. The van der Waals surface area contributed by atoms with Crippen LogP contribution in [-0.2, 0) is 0 Å². The van der Waals surface area contributed by atoms with Gasteiger partial charge in [-0.05, 0) is 18.2 Å². The van der Waals surface area contributed by atoms with E-state index >= 15 is 0 Å². The molecule has 0 radical (unpaired) electrons. The molecular weight excluding hydrogens is 234 g/mol. The molecule has 0 saturated carbocycles. The molecule has 3 nitrogen and oxygen atoms in total. The van der Waals surface area contributed by atoms with Gasteiger partial charge < -0.3 is 5.73 Å². The maximum Gasteiger partial charge on any atom is 0.159 e. The number of benzene rings is 2. The van der Waals surface area contributed by atoms with E-state index in [2.05, 4.69) is 9.97 Å². The molecule has 0 aliphatic rings. The molecule has 0 atom stereocenters. The van der Waals surface area contributed by atoms with Crippen molar-refractivity contribution in [2.45, 2.75) is 0 Å². The second kappa shape index (κ2) is 6.91. The summed E-state index contributed by atoms with van der Waals surface area (Å²) in [7, 11) is 0. The van der Waals surface area contributed by atoms with E-state index in [0.717, 1.165) is 17.1 Å². The molecule has 0 spiro atoms. The van der Waals surface area contributed by atoms with Crippen LogP contribution in [0.2, 0.25) is 0 Å². The number of rotatable bonds is 1. The zero-order chi connectivity index (χ0) is 13.3. The summed E-state index contributed by atoms with van der Waals surface area (Å²) in [5.41, 5.74) is 7.23. The molecule has 94 valence electrons. The number of hydrogen-bond acceptors (Lipinski definition) is 3. The molecule has 1 aromatic heterocycles. The summed E-state index contributed by atoms with van der Waals surface area (Å²) in [4.78, 5) is 8.28. The fourth-order valence-corrected chi connectivity index (χ4v) is 1.49. The molecule has 0 aliphatic carbocycles. The van der Waals surface area contributed by atoms with Crippen molar-refractivity contribution in [2.24, 2.45) is 0 Å². The zero-order valence-corrected chi connectivity index (χ0v) is 10.5. The summed E-state index contributed by atoms with van der Waals surface area (Å²) in [5, 5.41) is 0. The van der Waals surface area contributed by atoms with Gasteiger partial charge >= 0.3 is 0 Å². The number of nitrogens with two attached hydrogens (primary N) is 1. The largest absolute Gasteiger partial charge is 0.399 e. The highest BCUT2D eigenvalue weighted by Gasteiger charge is 1.95. The highest BCUT2D eigenvalue weighted by molar-refractivity contribution is 5.53. The monoisotopic (exact) mass is 249 g/mol. The maximum atomic E-state index is 5.36. The smallest absolute Gasteiger partial charge is 0.159 e. The van der Waals surface area contributed by atoms with Crippen LogP contribution in [0.4, 0.5) is 5.69 Å². The summed E-state index contributed by atoms with van der Waals surface area (Å²) in [6.07, 6.45) is 3.49. The quantitative estimate of drug-likeness (QED) is 0.672. The van der Waals surface area contributed by atoms with Crippen molar-refractivity contribution in [3.63, 3.8) is 0 Å². The maximum absolute atomic E-state index is 5.36. The summed E-state index contributed by atoms with van der Waals surface area (Å²) < 4.78 is 0. The summed E-state index contributed by atoms with van der Waals surface area (Å²) in [6.45, 7) is 0. The van der Waals surface area contributed by atoms with E-state index < -0.39 is 0 Å². The molecule has 0 aliphatic heterocycles. The van der Waals surface area contributed by atoms with E-state index in [1.54, 1.807) is 12.4 Å². The first-order valence-electron chi connectivity index (χ1n) is 5.99. The number of nitrogens with zero attached hydrogens (tertiary/aromatic N) is 2. The minimum atomic E-state index is 0.776. The lowest BCUT2D eigenvalue weighted by atomic mass is 10.2. The Morgan fingerprint density at radius 2 is 1.16 bits per heavy atom. The van der Waals surface area contributed by atoms with Crippen LogP contribution >= 0.6 is 0 Å². The lowest BCUT2D eigenvalue weighted by Crippen LogP contribution is -1.84. The fourth-order valence-electron chi connectivity index (χ4n) is 1.49. The Morgan fingerprint density at radius 3 is 1.63 bits per heavy atom. The van der Waals surface area contributed by atoms with Crippen LogP contribution in [0.1, 0.15) is 0 Å². The number of hydrogen-bond donors (Lipinski definition) is 1. The molecule has 0 bridgehead atoms. The normalized spacial score (nSPS) is 9.26. The first-order chi connectivity index (χ1) is 9.36. The Balaban J connectivity index is 0.000000163. The predicted molar refractivity (Wildman–Crippen MR) is 78.3 cm³/mol. The van der Waals surface area contributed by atoms with Crippen LogP contribution in [0.15, 0.2) is 79.1 Å². The third kappa shape index (κ3) is 4.24. The summed E-state index contributed by atoms with van der Waals surface area (Å²) in [5.74, 6) is 0.776. The molecular formula is C16H15N3. The number of nitrogen functional groups attached to an aromatic ring is 1. The van der Waals surface area contributed by atoms with Gasteiger partial charge in [-0.15, -0.1) is 0 Å². The second-order valence-electron chi connectivity index (χ2n) is 3.85. The zero-order valence-electron chi connectivity index (χ0n) is 10.5. The number of anilines is 1. The van der Waals surface area contributed by atoms with Gasteiger partial charge in [-0.2, -0.15) is 0 Å². The van der Waals surface area contributed by atoms with E-state index in [0.29, 0.717) is 0 Å². The molecule has 3 heteroatoms. The van der Waals surface area contributed by atoms with E-state index in [1.165, 1.54) is 0 Å². The average molecular weight is 249 g/mol. The molecule has 19 heavy (non-hydrogen) atoms. The van der Waals surface area contributed by atoms with E-state index in [4.69, 9.17) is 5.73 Å². The first kappa shape index (κ1) is 12.8. The van der Waals surface area contributed by atoms with Crippen molar-refractivity contribution >= 4 is 5.69 Å². The van der Waals surface area contributed by atoms with Crippen molar-refractivity contribution in [1.82, 2.24) is 9.97 Å². The van der Waals surface area contributed by atoms with Gasteiger partial charge in [0.1, 0.15) is 0 Å². The van der Waals surface area contributed by atoms with Gasteiger partial charge in [0.05, 0.1) is 0 Å². The van der Waals surface area contributed by atoms with Gasteiger partial charge in [-0.3, -0.25) is 0 Å². The standard InChI is InChI=1S/C10H8N2.C6H7N/c1-2-5-9(6-3-1)10-11-7-4-8-12-10;7-6-4-2-1-3-5-6/h1-8H;1-5H,7H2. The Bertz CT molecular complexity index is 543. The molecule has 3 aromatic rings. The van der Waals surface area contributed by atoms with Crippen LogP contribution in [0.25, 0.3) is 11.4 Å². The highest BCUT2D eigenvalue weighted by atomic mass is 14.8. The van der Waals surface area contributed by atoms with Crippen LogP contribution in [0.5, 0.6) is 0 Å². The summed E-state index contributed by atoms with van der Waals surface area (Å²) >= 11 is 0. The molecule has 0 unspecified atom stereocenters. The van der Waals surface area contributed by atoms with Gasteiger partial charge in [0.2, 0.25) is 0 Å². The van der Waals surface area contributed by atoms with Gasteiger partial charge in [0.25, 0.3) is 0 Å². The second-order valence-corrected chi connectivity index (χ2v) is 3.85. The first-order valence-corrected chi connectivity index (χ1v) is 5.99. The Labute approximate surface area is 112 Å². The number of aromatic nitrogens is 2. The molecule has 2 N–H and O–H groups in total. The van der Waals surface area contributed by atoms with Gasteiger partial charge in [0.15, 0.2) is 5.82 Å². The lowest BCUT2D eigenvalue weighted by Gasteiger charge is -1.96. The predicted octanol–water partition coefficient (Wildman–Crippen LogP) is 3.41. The third-order valence-corrected chi connectivity index (χ3v) is 2.40. The molecule has 0 saturated heterocycles. The van der Waals surface area contributed by atoms with E-state index in [-0.39, 0.29) is 0 Å². The van der Waals surface area contributed by atoms with Crippen LogP contribution in [0.3, 0.4) is 0 Å². The van der Waals surface area contributed by atoms with E-state index in [9.17, 15) is 0 Å². The Hall–Kier alpha value is -2.68. The highest BCUT2D eigenvalue weighted by Crippen LogP contribution is 2.11. The van der Waals surface area contributed by atoms with Crippen molar-refractivity contribution < 1.29 is 0 Å².